The number of nitrogens with one attached hydrogen (secondary N) is 2. The number of hydrogen-bond donors (Lipinski definition) is 6. The number of carbonyl (C=O) groups excluding carboxylic acids is 1. The number of aliphatic carboxylic acids is 4. The van der Waals surface area contributed by atoms with Crippen LogP contribution in [0.25, 0.3) is 0 Å². The smallest absolute Gasteiger partial charge is 0.308 e. The van der Waals surface area contributed by atoms with Crippen molar-refractivity contribution in [1.29, 1.82) is 0 Å². The standard InChI is InChI=1S/C31H48N2O12/c34-27(32-25-13-19(28(35)36)5-11-23(25)30(39)40)18-3-9-22(10-4-18)44-16-43-21-7-1-17(2-8-21)15-45-33-26-14-20(29(37)38)6-12-24(26)31(41)42/h17-26,33H,1-16H2,(H,32,34)(H,35,36)(H,37,38)(H,39,40)(H,41,42). The van der Waals surface area contributed by atoms with E-state index in [1.54, 1.807) is 0 Å². The van der Waals surface area contributed by atoms with Gasteiger partial charge in [-0.3, -0.25) is 24.0 Å². The SMILES string of the molecule is O=C(O)C1CCC(C(=O)O)C(NOCC2CCC(OCOC3CCC(C(=O)NC4CC(C(=O)O)CCC4C(=O)O)CC3)CC2)C1. The van der Waals surface area contributed by atoms with Gasteiger partial charge in [-0.2, -0.15) is 5.48 Å². The van der Waals surface area contributed by atoms with Crippen LogP contribution in [0.2, 0.25) is 0 Å². The van der Waals surface area contributed by atoms with Gasteiger partial charge in [0.05, 0.1) is 42.5 Å². The van der Waals surface area contributed by atoms with Gasteiger partial charge in [0.25, 0.3) is 0 Å². The number of ether oxygens (including phenoxy) is 2. The zero-order chi connectivity index (χ0) is 32.5. The lowest BCUT2D eigenvalue weighted by Crippen LogP contribution is -2.50. The summed E-state index contributed by atoms with van der Waals surface area (Å²) in [6.45, 7) is 0.579. The van der Waals surface area contributed by atoms with Crippen molar-refractivity contribution >= 4 is 29.8 Å². The summed E-state index contributed by atoms with van der Waals surface area (Å²) in [5.41, 5.74) is 2.84. The second kappa shape index (κ2) is 16.7. The minimum atomic E-state index is -1.01. The molecule has 6 N–H and O–H groups in total. The Labute approximate surface area is 262 Å². The Morgan fingerprint density at radius 3 is 1.53 bits per heavy atom. The zero-order valence-electron chi connectivity index (χ0n) is 25.6. The number of carboxylic acid groups (broad SMARTS) is 4. The third-order valence-corrected chi connectivity index (χ3v) is 10.4. The fourth-order valence-electron chi connectivity index (χ4n) is 7.43. The molecule has 254 valence electrons. The topological polar surface area (TPSA) is 218 Å². The van der Waals surface area contributed by atoms with Crippen LogP contribution < -0.4 is 10.8 Å². The maximum absolute atomic E-state index is 12.9. The van der Waals surface area contributed by atoms with Crippen molar-refractivity contribution in [3.63, 3.8) is 0 Å². The molecule has 4 aliphatic carbocycles. The van der Waals surface area contributed by atoms with E-state index in [0.717, 1.165) is 25.7 Å². The highest BCUT2D eigenvalue weighted by Gasteiger charge is 2.40. The molecule has 4 fully saturated rings. The molecule has 0 aliphatic heterocycles. The lowest BCUT2D eigenvalue weighted by molar-refractivity contribution is -0.153. The molecule has 0 heterocycles. The Hall–Kier alpha value is -2.81. The molecular weight excluding hydrogens is 592 g/mol. The third kappa shape index (κ3) is 10.1. The Balaban J connectivity index is 1.08. The summed E-state index contributed by atoms with van der Waals surface area (Å²) in [5, 5.41) is 40.5. The predicted octanol–water partition coefficient (Wildman–Crippen LogP) is 2.64. The van der Waals surface area contributed by atoms with Gasteiger partial charge in [0.2, 0.25) is 5.91 Å². The molecule has 45 heavy (non-hydrogen) atoms. The van der Waals surface area contributed by atoms with Gasteiger partial charge in [-0.15, -0.1) is 0 Å². The normalized spacial score (nSPS) is 35.6. The first kappa shape index (κ1) is 35.1. The van der Waals surface area contributed by atoms with Gasteiger partial charge in [-0.1, -0.05) is 0 Å². The lowest BCUT2D eigenvalue weighted by Gasteiger charge is -2.35. The molecule has 4 aliphatic rings. The molecule has 0 aromatic heterocycles. The van der Waals surface area contributed by atoms with Gasteiger partial charge in [0.15, 0.2) is 0 Å². The average molecular weight is 641 g/mol. The van der Waals surface area contributed by atoms with Crippen LogP contribution in [0, 0.1) is 35.5 Å². The van der Waals surface area contributed by atoms with E-state index < -0.39 is 59.6 Å². The highest BCUT2D eigenvalue weighted by Crippen LogP contribution is 2.33. The van der Waals surface area contributed by atoms with Crippen LogP contribution in [0.4, 0.5) is 0 Å². The number of hydroxylamine groups is 1. The molecule has 0 aromatic rings. The molecule has 6 unspecified atom stereocenters. The van der Waals surface area contributed by atoms with Crippen molar-refractivity contribution in [3.8, 4) is 0 Å². The van der Waals surface area contributed by atoms with Crippen LogP contribution in [0.5, 0.6) is 0 Å². The first-order chi connectivity index (χ1) is 21.5. The Kier molecular flexibility index (Phi) is 13.0. The molecule has 0 radical (unpaired) electrons. The predicted molar refractivity (Wildman–Crippen MR) is 156 cm³/mol. The quantitative estimate of drug-likeness (QED) is 0.119. The van der Waals surface area contributed by atoms with E-state index in [4.69, 9.17) is 14.3 Å². The van der Waals surface area contributed by atoms with E-state index in [1.807, 2.05) is 0 Å². The Morgan fingerprint density at radius 2 is 1.02 bits per heavy atom. The van der Waals surface area contributed by atoms with Crippen molar-refractivity contribution in [2.24, 2.45) is 35.5 Å². The van der Waals surface area contributed by atoms with Crippen LogP contribution in [0.15, 0.2) is 0 Å². The largest absolute Gasteiger partial charge is 0.481 e. The monoisotopic (exact) mass is 640 g/mol. The van der Waals surface area contributed by atoms with Crippen molar-refractivity contribution in [1.82, 2.24) is 10.8 Å². The second-order valence-electron chi connectivity index (χ2n) is 13.3. The third-order valence-electron chi connectivity index (χ3n) is 10.4. The molecule has 0 aromatic carbocycles. The van der Waals surface area contributed by atoms with E-state index in [2.05, 4.69) is 10.8 Å². The molecular formula is C31H48N2O12. The molecule has 4 rings (SSSR count). The minimum absolute atomic E-state index is 0.0298. The van der Waals surface area contributed by atoms with Crippen LogP contribution in [0.1, 0.15) is 89.9 Å². The van der Waals surface area contributed by atoms with Crippen LogP contribution in [-0.4, -0.2) is 87.9 Å². The van der Waals surface area contributed by atoms with Gasteiger partial charge in [-0.25, -0.2) is 0 Å². The first-order valence-electron chi connectivity index (χ1n) is 16.3. The molecule has 0 saturated heterocycles. The highest BCUT2D eigenvalue weighted by atomic mass is 16.7. The summed E-state index contributed by atoms with van der Waals surface area (Å²) in [6, 6.07) is -1.22. The van der Waals surface area contributed by atoms with Crippen molar-refractivity contribution < 1.29 is 58.7 Å². The van der Waals surface area contributed by atoms with Gasteiger partial charge >= 0.3 is 23.9 Å². The Morgan fingerprint density at radius 1 is 0.556 bits per heavy atom. The summed E-state index contributed by atoms with van der Waals surface area (Å²) in [5.74, 6) is -6.67. The maximum atomic E-state index is 12.9. The van der Waals surface area contributed by atoms with E-state index >= 15 is 0 Å². The molecule has 14 nitrogen and oxygen atoms in total. The van der Waals surface area contributed by atoms with Crippen molar-refractivity contribution in [2.45, 2.75) is 114 Å². The first-order valence-corrected chi connectivity index (χ1v) is 16.3. The fraction of sp³-hybridized carbons (Fsp3) is 0.839. The highest BCUT2D eigenvalue weighted by molar-refractivity contribution is 5.81. The van der Waals surface area contributed by atoms with Crippen LogP contribution in [0.3, 0.4) is 0 Å². The van der Waals surface area contributed by atoms with E-state index in [9.17, 15) is 44.4 Å². The number of hydrogen-bond acceptors (Lipinski definition) is 9. The molecule has 0 bridgehead atoms. The number of rotatable bonds is 14. The summed E-state index contributed by atoms with van der Waals surface area (Å²) in [4.78, 5) is 64.6. The molecule has 4 saturated carbocycles. The summed E-state index contributed by atoms with van der Waals surface area (Å²) < 4.78 is 11.9. The number of carboxylic acids is 4. The average Bonchev–Trinajstić information content (AvgIpc) is 3.01. The Bertz CT molecular complexity index is 1040. The van der Waals surface area contributed by atoms with Crippen LogP contribution >= 0.6 is 0 Å². The van der Waals surface area contributed by atoms with E-state index in [1.165, 1.54) is 0 Å². The molecule has 0 spiro atoms. The van der Waals surface area contributed by atoms with Gasteiger partial charge in [-0.05, 0) is 95.8 Å². The van der Waals surface area contributed by atoms with Crippen molar-refractivity contribution in [2.75, 3.05) is 13.4 Å². The number of carbonyl (C=O) groups is 5. The summed E-state index contributed by atoms with van der Waals surface area (Å²) in [6.07, 6.45) is 7.60. The van der Waals surface area contributed by atoms with Crippen LogP contribution in [-0.2, 0) is 38.3 Å². The maximum Gasteiger partial charge on any atom is 0.308 e. The second-order valence-corrected chi connectivity index (χ2v) is 13.3. The number of amides is 1. The van der Waals surface area contributed by atoms with Crippen molar-refractivity contribution in [3.05, 3.63) is 0 Å². The van der Waals surface area contributed by atoms with Gasteiger partial charge < -0.3 is 40.1 Å². The molecule has 1 amide bonds. The lowest BCUT2D eigenvalue weighted by atomic mass is 9.77. The summed E-state index contributed by atoms with van der Waals surface area (Å²) in [7, 11) is 0. The van der Waals surface area contributed by atoms with Gasteiger partial charge in [0.1, 0.15) is 6.79 Å². The van der Waals surface area contributed by atoms with E-state index in [-0.39, 0.29) is 56.0 Å². The molecule has 14 heteroatoms. The zero-order valence-corrected chi connectivity index (χ0v) is 25.6. The van der Waals surface area contributed by atoms with Gasteiger partial charge in [0, 0.05) is 18.0 Å². The molecule has 6 atom stereocenters. The van der Waals surface area contributed by atoms with E-state index in [0.29, 0.717) is 51.6 Å². The fourth-order valence-corrected chi connectivity index (χ4v) is 7.43. The summed E-state index contributed by atoms with van der Waals surface area (Å²) >= 11 is 0. The minimum Gasteiger partial charge on any atom is -0.481 e.